The summed E-state index contributed by atoms with van der Waals surface area (Å²) in [6.45, 7) is 3.80. The van der Waals surface area contributed by atoms with E-state index in [9.17, 15) is 18.0 Å². The lowest BCUT2D eigenvalue weighted by molar-refractivity contribution is -0.140. The molecule has 4 aromatic rings. The fraction of sp³-hybridized carbons (Fsp3) is 0.235. The maximum Gasteiger partial charge on any atom is 0.264 e. The van der Waals surface area contributed by atoms with Gasteiger partial charge < -0.3 is 15.0 Å². The zero-order valence-corrected chi connectivity index (χ0v) is 29.2. The van der Waals surface area contributed by atoms with Gasteiger partial charge in [-0.15, -0.1) is 0 Å². The second-order valence-electron chi connectivity index (χ2n) is 10.3. The van der Waals surface area contributed by atoms with Gasteiger partial charge in [0.05, 0.1) is 27.2 Å². The highest BCUT2D eigenvalue weighted by atomic mass is 79.9. The van der Waals surface area contributed by atoms with E-state index < -0.39 is 28.5 Å². The first kappa shape index (κ1) is 35.3. The Kier molecular flexibility index (Phi) is 12.5. The summed E-state index contributed by atoms with van der Waals surface area (Å²) in [6, 6.07) is 25.9. The number of halogens is 3. The summed E-state index contributed by atoms with van der Waals surface area (Å²) in [5, 5.41) is 3.47. The molecule has 0 aliphatic rings. The van der Waals surface area contributed by atoms with Gasteiger partial charge in [-0.2, -0.15) is 0 Å². The molecule has 1 N–H and O–H groups in total. The van der Waals surface area contributed by atoms with Crippen molar-refractivity contribution in [1.82, 2.24) is 10.2 Å². The van der Waals surface area contributed by atoms with Crippen molar-refractivity contribution >= 4 is 66.7 Å². The van der Waals surface area contributed by atoms with E-state index in [-0.39, 0.29) is 34.5 Å². The molecule has 8 nitrogen and oxygen atoms in total. The fourth-order valence-electron chi connectivity index (χ4n) is 4.82. The molecule has 242 valence electrons. The van der Waals surface area contributed by atoms with Crippen LogP contribution >= 0.6 is 39.1 Å². The molecule has 0 saturated carbocycles. The Labute approximate surface area is 288 Å². The lowest BCUT2D eigenvalue weighted by Gasteiger charge is -2.34. The number of anilines is 1. The SMILES string of the molecule is CCNC(=O)C(Cc1ccccc1)N(Cc1ccc(Cl)c(Cl)c1)C(=O)CN(c1ccc(OCC)cc1)S(=O)(=O)c1ccc(Br)cc1. The monoisotopic (exact) mass is 745 g/mol. The van der Waals surface area contributed by atoms with Crippen LogP contribution in [0.2, 0.25) is 10.0 Å². The molecular weight excluding hydrogens is 713 g/mol. The molecule has 1 unspecified atom stereocenters. The lowest BCUT2D eigenvalue weighted by atomic mass is 10.0. The summed E-state index contributed by atoms with van der Waals surface area (Å²) in [4.78, 5) is 29.5. The van der Waals surface area contributed by atoms with Gasteiger partial charge in [0.1, 0.15) is 18.3 Å². The standard InChI is InChI=1S/C34H34BrCl2N3O5S/c1-3-38-34(42)32(21-24-8-6-5-7-9-24)39(22-25-10-19-30(36)31(37)20-25)33(41)23-40(27-13-15-28(16-14-27)45-4-2)46(43,44)29-17-11-26(35)12-18-29/h5-20,32H,3-4,21-23H2,1-2H3,(H,38,42). The highest BCUT2D eigenvalue weighted by Gasteiger charge is 2.34. The Hall–Kier alpha value is -3.57. The van der Waals surface area contributed by atoms with Gasteiger partial charge in [0.2, 0.25) is 11.8 Å². The molecule has 0 aromatic heterocycles. The van der Waals surface area contributed by atoms with E-state index in [4.69, 9.17) is 27.9 Å². The van der Waals surface area contributed by atoms with E-state index in [1.807, 2.05) is 37.3 Å². The molecule has 0 heterocycles. The highest BCUT2D eigenvalue weighted by molar-refractivity contribution is 9.10. The van der Waals surface area contributed by atoms with E-state index in [1.54, 1.807) is 61.5 Å². The number of sulfonamides is 1. The van der Waals surface area contributed by atoms with E-state index in [0.29, 0.717) is 34.0 Å². The van der Waals surface area contributed by atoms with E-state index in [1.165, 1.54) is 17.0 Å². The Morgan fingerprint density at radius 2 is 1.54 bits per heavy atom. The van der Waals surface area contributed by atoms with Crippen molar-refractivity contribution < 1.29 is 22.7 Å². The van der Waals surface area contributed by atoms with Crippen LogP contribution in [-0.2, 0) is 32.6 Å². The normalized spacial score (nSPS) is 11.8. The topological polar surface area (TPSA) is 96.0 Å². The number of nitrogens with one attached hydrogen (secondary N) is 1. The maximum atomic E-state index is 14.5. The van der Waals surface area contributed by atoms with Crippen LogP contribution in [0.3, 0.4) is 0 Å². The molecule has 1 atom stereocenters. The molecule has 4 rings (SSSR count). The number of likely N-dealkylation sites (N-methyl/N-ethyl adjacent to an activating group) is 1. The number of nitrogens with zero attached hydrogens (tertiary/aromatic N) is 2. The van der Waals surface area contributed by atoms with Crippen LogP contribution in [0.15, 0.2) is 106 Å². The Balaban J connectivity index is 1.80. The van der Waals surface area contributed by atoms with Crippen molar-refractivity contribution in [2.75, 3.05) is 24.0 Å². The predicted molar refractivity (Wildman–Crippen MR) is 186 cm³/mol. The minimum Gasteiger partial charge on any atom is -0.494 e. The van der Waals surface area contributed by atoms with E-state index in [2.05, 4.69) is 21.2 Å². The molecule has 46 heavy (non-hydrogen) atoms. The van der Waals surface area contributed by atoms with Crippen LogP contribution < -0.4 is 14.4 Å². The van der Waals surface area contributed by atoms with Crippen LogP contribution in [0.5, 0.6) is 5.75 Å². The third-order valence-corrected chi connectivity index (χ3v) is 10.1. The summed E-state index contributed by atoms with van der Waals surface area (Å²) in [7, 11) is -4.24. The number of hydrogen-bond acceptors (Lipinski definition) is 5. The molecule has 12 heteroatoms. The van der Waals surface area contributed by atoms with Gasteiger partial charge in [-0.1, -0.05) is 75.5 Å². The number of ether oxygens (including phenoxy) is 1. The fourth-order valence-corrected chi connectivity index (χ4v) is 6.82. The molecule has 0 aliphatic heterocycles. The van der Waals surface area contributed by atoms with Gasteiger partial charge in [0.15, 0.2) is 0 Å². The first-order valence-electron chi connectivity index (χ1n) is 14.6. The van der Waals surface area contributed by atoms with Crippen molar-refractivity contribution in [2.45, 2.75) is 37.8 Å². The smallest absolute Gasteiger partial charge is 0.264 e. The molecule has 0 radical (unpaired) electrons. The summed E-state index contributed by atoms with van der Waals surface area (Å²) in [5.41, 5.74) is 1.71. The number of carbonyl (C=O) groups is 2. The van der Waals surface area contributed by atoms with Gasteiger partial charge in [0.25, 0.3) is 10.0 Å². The first-order valence-corrected chi connectivity index (χ1v) is 17.6. The maximum absolute atomic E-state index is 14.5. The number of amides is 2. The molecule has 4 aromatic carbocycles. The summed E-state index contributed by atoms with van der Waals surface area (Å²) < 4.78 is 35.6. The third kappa shape index (κ3) is 9.03. The van der Waals surface area contributed by atoms with Crippen LogP contribution in [0.4, 0.5) is 5.69 Å². The van der Waals surface area contributed by atoms with Crippen molar-refractivity contribution in [3.05, 3.63) is 123 Å². The van der Waals surface area contributed by atoms with Gasteiger partial charge >= 0.3 is 0 Å². The lowest BCUT2D eigenvalue weighted by Crippen LogP contribution is -2.53. The van der Waals surface area contributed by atoms with Gasteiger partial charge in [-0.25, -0.2) is 8.42 Å². The largest absolute Gasteiger partial charge is 0.494 e. The molecule has 2 amide bonds. The number of carbonyl (C=O) groups excluding carboxylic acids is 2. The molecule has 0 spiro atoms. The van der Waals surface area contributed by atoms with Crippen LogP contribution in [-0.4, -0.2) is 50.9 Å². The van der Waals surface area contributed by atoms with Crippen molar-refractivity contribution in [3.8, 4) is 5.75 Å². The van der Waals surface area contributed by atoms with Crippen LogP contribution in [0.1, 0.15) is 25.0 Å². The second kappa shape index (κ2) is 16.3. The molecule has 0 aliphatic carbocycles. The average molecular weight is 748 g/mol. The zero-order valence-electron chi connectivity index (χ0n) is 25.3. The van der Waals surface area contributed by atoms with Crippen LogP contribution in [0, 0.1) is 0 Å². The zero-order chi connectivity index (χ0) is 33.3. The summed E-state index contributed by atoms with van der Waals surface area (Å²) in [5.74, 6) is -0.407. The second-order valence-corrected chi connectivity index (χ2v) is 13.9. The van der Waals surface area contributed by atoms with Gasteiger partial charge in [-0.3, -0.25) is 13.9 Å². The predicted octanol–water partition coefficient (Wildman–Crippen LogP) is 7.13. The highest BCUT2D eigenvalue weighted by Crippen LogP contribution is 2.29. The molecule has 0 saturated heterocycles. The van der Waals surface area contributed by atoms with Crippen LogP contribution in [0.25, 0.3) is 0 Å². The van der Waals surface area contributed by atoms with Crippen molar-refractivity contribution in [3.63, 3.8) is 0 Å². The molecular formula is C34H34BrCl2N3O5S. The average Bonchev–Trinajstić information content (AvgIpc) is 3.04. The number of hydrogen-bond donors (Lipinski definition) is 1. The van der Waals surface area contributed by atoms with Crippen molar-refractivity contribution in [2.24, 2.45) is 0 Å². The Bertz CT molecular complexity index is 1740. The van der Waals surface area contributed by atoms with E-state index >= 15 is 0 Å². The summed E-state index contributed by atoms with van der Waals surface area (Å²) in [6.07, 6.45) is 0.197. The minimum atomic E-state index is -4.24. The quantitative estimate of drug-likeness (QED) is 0.148. The Morgan fingerprint density at radius 1 is 0.870 bits per heavy atom. The van der Waals surface area contributed by atoms with Crippen molar-refractivity contribution in [1.29, 1.82) is 0 Å². The van der Waals surface area contributed by atoms with E-state index in [0.717, 1.165) is 9.87 Å². The van der Waals surface area contributed by atoms with Gasteiger partial charge in [0, 0.05) is 24.0 Å². The third-order valence-electron chi connectivity index (χ3n) is 7.08. The minimum absolute atomic E-state index is 0.00187. The molecule has 0 bridgehead atoms. The molecule has 0 fully saturated rings. The van der Waals surface area contributed by atoms with Gasteiger partial charge in [-0.05, 0) is 85.6 Å². The number of rotatable bonds is 14. The number of benzene rings is 4. The Morgan fingerprint density at radius 3 is 2.15 bits per heavy atom. The first-order chi connectivity index (χ1) is 22.0. The summed E-state index contributed by atoms with van der Waals surface area (Å²) >= 11 is 15.8.